The number of aliphatic hydroxyl groups is 1. The molecule has 1 saturated heterocycles. The Hall–Kier alpha value is -2.28. The minimum Gasteiger partial charge on any atom is -0.395 e. The number of rotatable bonds is 7. The second-order valence-electron chi connectivity index (χ2n) is 9.55. The van der Waals surface area contributed by atoms with Gasteiger partial charge in [0.1, 0.15) is 5.82 Å². The SMILES string of the molecule is CN1CCC[C@H](Cn2c(CN(CCO)[C@H]3CCCc4cccnc43)nc3ccccc32)C1. The Morgan fingerprint density at radius 3 is 2.91 bits per heavy atom. The molecule has 1 N–H and O–H groups in total. The summed E-state index contributed by atoms with van der Waals surface area (Å²) in [6.45, 7) is 4.87. The van der Waals surface area contributed by atoms with Crippen molar-refractivity contribution in [1.29, 1.82) is 0 Å². The van der Waals surface area contributed by atoms with Gasteiger partial charge in [0.25, 0.3) is 0 Å². The van der Waals surface area contributed by atoms with Crippen molar-refractivity contribution in [2.45, 2.75) is 51.2 Å². The van der Waals surface area contributed by atoms with Gasteiger partial charge >= 0.3 is 0 Å². The van der Waals surface area contributed by atoms with Crippen molar-refractivity contribution in [3.63, 3.8) is 0 Å². The molecule has 0 amide bonds. The third kappa shape index (κ3) is 4.45. The Morgan fingerprint density at radius 1 is 1.12 bits per heavy atom. The van der Waals surface area contributed by atoms with E-state index in [0.29, 0.717) is 12.5 Å². The number of fused-ring (bicyclic) bond motifs is 2. The minimum atomic E-state index is 0.145. The summed E-state index contributed by atoms with van der Waals surface area (Å²) in [7, 11) is 2.23. The fourth-order valence-electron chi connectivity index (χ4n) is 5.73. The molecule has 1 aromatic carbocycles. The number of aliphatic hydroxyl groups excluding tert-OH is 1. The second kappa shape index (κ2) is 9.69. The summed E-state index contributed by atoms with van der Waals surface area (Å²) in [4.78, 5) is 14.7. The van der Waals surface area contributed by atoms with E-state index in [4.69, 9.17) is 9.97 Å². The van der Waals surface area contributed by atoms with E-state index in [1.54, 1.807) is 0 Å². The van der Waals surface area contributed by atoms with Crippen molar-refractivity contribution in [1.82, 2.24) is 24.3 Å². The molecule has 6 nitrogen and oxygen atoms in total. The molecular weight excluding hydrogens is 398 g/mol. The number of pyridine rings is 1. The number of benzene rings is 1. The molecule has 0 unspecified atom stereocenters. The van der Waals surface area contributed by atoms with E-state index in [9.17, 15) is 5.11 Å². The van der Waals surface area contributed by atoms with Crippen LogP contribution in [-0.2, 0) is 19.5 Å². The second-order valence-corrected chi connectivity index (χ2v) is 9.55. The summed E-state index contributed by atoms with van der Waals surface area (Å²) in [6, 6.07) is 13.0. The Labute approximate surface area is 190 Å². The van der Waals surface area contributed by atoms with Crippen molar-refractivity contribution in [3.05, 3.63) is 59.7 Å². The van der Waals surface area contributed by atoms with Gasteiger partial charge in [0.2, 0.25) is 0 Å². The number of para-hydroxylation sites is 2. The van der Waals surface area contributed by atoms with Crippen LogP contribution in [0.15, 0.2) is 42.6 Å². The zero-order valence-electron chi connectivity index (χ0n) is 19.2. The Balaban J connectivity index is 1.47. The van der Waals surface area contributed by atoms with Crippen molar-refractivity contribution in [2.24, 2.45) is 5.92 Å². The van der Waals surface area contributed by atoms with Crippen LogP contribution in [0.4, 0.5) is 0 Å². The van der Waals surface area contributed by atoms with Gasteiger partial charge in [0, 0.05) is 25.8 Å². The molecule has 1 fully saturated rings. The van der Waals surface area contributed by atoms with Gasteiger partial charge in [-0.15, -0.1) is 0 Å². The Bertz CT molecular complexity index is 1050. The highest BCUT2D eigenvalue weighted by atomic mass is 16.3. The van der Waals surface area contributed by atoms with Gasteiger partial charge < -0.3 is 14.6 Å². The van der Waals surface area contributed by atoms with E-state index in [1.807, 2.05) is 12.3 Å². The van der Waals surface area contributed by atoms with Crippen LogP contribution in [0.5, 0.6) is 0 Å². The molecule has 1 aliphatic heterocycles. The first-order valence-electron chi connectivity index (χ1n) is 12.1. The largest absolute Gasteiger partial charge is 0.395 e. The summed E-state index contributed by atoms with van der Waals surface area (Å²) in [5.74, 6) is 1.75. The predicted molar refractivity (Wildman–Crippen MR) is 127 cm³/mol. The number of aryl methyl sites for hydroxylation is 1. The first-order chi connectivity index (χ1) is 15.7. The van der Waals surface area contributed by atoms with Gasteiger partial charge in [-0.3, -0.25) is 9.88 Å². The number of likely N-dealkylation sites (tertiary alicyclic amines) is 1. The molecule has 1 aliphatic carbocycles. The first kappa shape index (κ1) is 21.6. The molecular formula is C26H35N5O. The molecule has 5 rings (SSSR count). The quantitative estimate of drug-likeness (QED) is 0.616. The minimum absolute atomic E-state index is 0.145. The third-order valence-electron chi connectivity index (χ3n) is 7.23. The van der Waals surface area contributed by atoms with Crippen LogP contribution in [0.1, 0.15) is 48.8 Å². The zero-order chi connectivity index (χ0) is 21.9. The van der Waals surface area contributed by atoms with Crippen molar-refractivity contribution >= 4 is 11.0 Å². The van der Waals surface area contributed by atoms with Crippen LogP contribution in [0.2, 0.25) is 0 Å². The van der Waals surface area contributed by atoms with Crippen molar-refractivity contribution < 1.29 is 5.11 Å². The smallest absolute Gasteiger partial charge is 0.124 e. The molecule has 2 aromatic heterocycles. The number of imidazole rings is 1. The van der Waals surface area contributed by atoms with Crippen LogP contribution >= 0.6 is 0 Å². The van der Waals surface area contributed by atoms with E-state index in [0.717, 1.165) is 50.2 Å². The monoisotopic (exact) mass is 433 g/mol. The normalized spacial score (nSPS) is 21.8. The maximum Gasteiger partial charge on any atom is 0.124 e. The standard InChI is InChI=1S/C26H35N5O/c1-29-14-6-7-20(17-29)18-31-23-11-3-2-10-22(23)28-25(31)19-30(15-16-32)24-12-4-8-21-9-5-13-27-26(21)24/h2-3,5,9-11,13,20,24,32H,4,6-8,12,14-19H2,1H3/t20-,24-/m0/s1. The average molecular weight is 434 g/mol. The van der Waals surface area contributed by atoms with Crippen molar-refractivity contribution in [2.75, 3.05) is 33.3 Å². The van der Waals surface area contributed by atoms with Crippen LogP contribution in [0.3, 0.4) is 0 Å². The van der Waals surface area contributed by atoms with Crippen molar-refractivity contribution in [3.8, 4) is 0 Å². The summed E-state index contributed by atoms with van der Waals surface area (Å²) in [5.41, 5.74) is 4.83. The molecule has 0 radical (unpaired) electrons. The summed E-state index contributed by atoms with van der Waals surface area (Å²) >= 11 is 0. The summed E-state index contributed by atoms with van der Waals surface area (Å²) in [5, 5.41) is 9.90. The first-order valence-corrected chi connectivity index (χ1v) is 12.1. The molecule has 6 heteroatoms. The van der Waals surface area contributed by atoms with Crippen LogP contribution in [0, 0.1) is 5.92 Å². The van der Waals surface area contributed by atoms with E-state index in [1.165, 1.54) is 36.2 Å². The van der Waals surface area contributed by atoms with Gasteiger partial charge in [0.15, 0.2) is 0 Å². The lowest BCUT2D eigenvalue weighted by atomic mass is 9.91. The maximum absolute atomic E-state index is 9.90. The number of hydrogen-bond acceptors (Lipinski definition) is 5. The fourth-order valence-corrected chi connectivity index (χ4v) is 5.73. The van der Waals surface area contributed by atoms with E-state index < -0.39 is 0 Å². The number of piperidine rings is 1. The maximum atomic E-state index is 9.90. The van der Waals surface area contributed by atoms with Gasteiger partial charge in [-0.1, -0.05) is 18.2 Å². The van der Waals surface area contributed by atoms with Gasteiger partial charge in [-0.05, 0) is 75.4 Å². The van der Waals surface area contributed by atoms with Crippen LogP contribution in [-0.4, -0.2) is 62.7 Å². The third-order valence-corrected chi connectivity index (χ3v) is 7.23. The summed E-state index contributed by atoms with van der Waals surface area (Å²) in [6.07, 6.45) is 7.79. The number of hydrogen-bond donors (Lipinski definition) is 1. The highest BCUT2D eigenvalue weighted by Gasteiger charge is 2.29. The molecule has 3 aromatic rings. The molecule has 32 heavy (non-hydrogen) atoms. The van der Waals surface area contributed by atoms with Crippen LogP contribution in [0.25, 0.3) is 11.0 Å². The van der Waals surface area contributed by atoms with Gasteiger partial charge in [-0.25, -0.2) is 4.98 Å². The highest BCUT2D eigenvalue weighted by Crippen LogP contribution is 2.34. The Morgan fingerprint density at radius 2 is 2.03 bits per heavy atom. The lowest BCUT2D eigenvalue weighted by Crippen LogP contribution is -2.36. The number of nitrogens with zero attached hydrogens (tertiary/aromatic N) is 5. The van der Waals surface area contributed by atoms with E-state index in [2.05, 4.69) is 51.7 Å². The summed E-state index contributed by atoms with van der Waals surface area (Å²) < 4.78 is 2.45. The van der Waals surface area contributed by atoms with Gasteiger partial charge in [-0.2, -0.15) is 0 Å². The average Bonchev–Trinajstić information content (AvgIpc) is 3.15. The fraction of sp³-hybridized carbons (Fsp3) is 0.538. The van der Waals surface area contributed by atoms with Gasteiger partial charge in [0.05, 0.1) is 35.9 Å². The molecule has 0 saturated carbocycles. The van der Waals surface area contributed by atoms with E-state index in [-0.39, 0.29) is 12.6 Å². The zero-order valence-corrected chi connectivity index (χ0v) is 19.2. The molecule has 170 valence electrons. The molecule has 0 bridgehead atoms. The molecule has 2 atom stereocenters. The number of aromatic nitrogens is 3. The lowest BCUT2D eigenvalue weighted by Gasteiger charge is -2.35. The topological polar surface area (TPSA) is 57.4 Å². The lowest BCUT2D eigenvalue weighted by molar-refractivity contribution is 0.123. The predicted octanol–water partition coefficient (Wildman–Crippen LogP) is 3.65. The molecule has 2 aliphatic rings. The van der Waals surface area contributed by atoms with E-state index >= 15 is 0 Å². The Kier molecular flexibility index (Phi) is 6.53. The molecule has 0 spiro atoms. The van der Waals surface area contributed by atoms with Crippen LogP contribution < -0.4 is 0 Å². The highest BCUT2D eigenvalue weighted by molar-refractivity contribution is 5.75. The molecule has 3 heterocycles.